The predicted molar refractivity (Wildman–Crippen MR) is 119 cm³/mol. The van der Waals surface area contributed by atoms with Gasteiger partial charge in [0.2, 0.25) is 5.91 Å². The molecule has 0 radical (unpaired) electrons. The van der Waals surface area contributed by atoms with Gasteiger partial charge in [-0.25, -0.2) is 9.80 Å². The summed E-state index contributed by atoms with van der Waals surface area (Å²) >= 11 is 1.28. The summed E-state index contributed by atoms with van der Waals surface area (Å²) in [5.74, 6) is -3.05. The summed E-state index contributed by atoms with van der Waals surface area (Å²) in [6.45, 7) is 3.61. The number of aliphatic hydroxyl groups excluding tert-OH is 1. The van der Waals surface area contributed by atoms with E-state index in [0.29, 0.717) is 29.8 Å². The number of carbonyl (C=O) groups is 3. The van der Waals surface area contributed by atoms with Crippen LogP contribution < -0.4 is 10.2 Å². The van der Waals surface area contributed by atoms with Crippen molar-refractivity contribution in [2.75, 3.05) is 12.0 Å². The zero-order valence-corrected chi connectivity index (χ0v) is 19.5. The van der Waals surface area contributed by atoms with Crippen molar-refractivity contribution in [3.05, 3.63) is 34.9 Å². The van der Waals surface area contributed by atoms with Crippen LogP contribution in [0.15, 0.2) is 34.9 Å². The van der Waals surface area contributed by atoms with Crippen LogP contribution in [0, 0.1) is 11.8 Å². The third-order valence-corrected chi connectivity index (χ3v) is 7.90. The number of carboxylic acid groups (broad SMARTS) is 1. The molecular weight excluding hydrogens is 491 g/mol. The number of nitrogens with zero attached hydrogens (tertiary/aromatic N) is 2. The smallest absolute Gasteiger partial charge is 0.477 e. The largest absolute Gasteiger partial charge is 0.573 e. The number of hydrogen-bond acceptors (Lipinski definition) is 8. The minimum atomic E-state index is -4.84. The van der Waals surface area contributed by atoms with Gasteiger partial charge in [-0.05, 0) is 25.5 Å². The summed E-state index contributed by atoms with van der Waals surface area (Å²) in [6.07, 6.45) is -4.67. The van der Waals surface area contributed by atoms with Crippen LogP contribution in [-0.4, -0.2) is 74.6 Å². The molecule has 3 heterocycles. The Morgan fingerprint density at radius 3 is 2.69 bits per heavy atom. The van der Waals surface area contributed by atoms with Crippen LogP contribution in [0.4, 0.5) is 18.9 Å². The quantitative estimate of drug-likeness (QED) is 0.354. The van der Waals surface area contributed by atoms with E-state index in [1.807, 2.05) is 6.92 Å². The van der Waals surface area contributed by atoms with Gasteiger partial charge in [0.25, 0.3) is 0 Å². The maximum absolute atomic E-state index is 12.5. The van der Waals surface area contributed by atoms with Crippen molar-refractivity contribution in [3.8, 4) is 5.75 Å². The molecule has 3 aliphatic rings. The van der Waals surface area contributed by atoms with E-state index >= 15 is 0 Å². The number of carboxylic acids is 1. The van der Waals surface area contributed by atoms with Gasteiger partial charge in [-0.15, -0.1) is 24.9 Å². The number of benzene rings is 1. The molecule has 1 amide bonds. The number of halogens is 3. The number of alkyl halides is 3. The average molecular weight is 516 g/mol. The molecule has 1 aromatic carbocycles. The summed E-state index contributed by atoms with van der Waals surface area (Å²) in [6, 6.07) is 4.19. The van der Waals surface area contributed by atoms with Crippen molar-refractivity contribution in [1.82, 2.24) is 9.91 Å². The zero-order chi connectivity index (χ0) is 25.7. The number of anilines is 1. The Balaban J connectivity index is 1.49. The molecule has 3 N–H and O–H groups in total. The highest BCUT2D eigenvalue weighted by Crippen LogP contribution is 2.52. The minimum absolute atomic E-state index is 0.0968. The molecule has 1 aromatic rings. The summed E-state index contributed by atoms with van der Waals surface area (Å²) in [4.78, 5) is 38.0. The van der Waals surface area contributed by atoms with Crippen LogP contribution in [0.5, 0.6) is 5.75 Å². The van der Waals surface area contributed by atoms with Gasteiger partial charge in [-0.2, -0.15) is 0 Å². The fourth-order valence-electron chi connectivity index (χ4n) is 4.96. The fourth-order valence-corrected chi connectivity index (χ4v) is 6.49. The first-order valence-corrected chi connectivity index (χ1v) is 11.8. The third kappa shape index (κ3) is 4.84. The van der Waals surface area contributed by atoms with Crippen molar-refractivity contribution in [2.45, 2.75) is 50.1 Å². The Morgan fingerprint density at radius 2 is 2.09 bits per heavy atom. The number of fused-ring (bicyclic) bond motifs is 1. The number of carbonyl (C=O) groups excluding carboxylic acids is 2. The van der Waals surface area contributed by atoms with Gasteiger partial charge in [0, 0.05) is 28.7 Å². The molecule has 0 spiro atoms. The normalized spacial score (nSPS) is 29.6. The number of aliphatic carboxylic acids is 1. The van der Waals surface area contributed by atoms with Gasteiger partial charge < -0.3 is 30.1 Å². The topological polar surface area (TPSA) is 119 Å². The second-order valence-electron chi connectivity index (χ2n) is 8.79. The highest BCUT2D eigenvalue weighted by atomic mass is 32.2. The Labute approximate surface area is 202 Å². The Bertz CT molecular complexity index is 1070. The van der Waals surface area contributed by atoms with Gasteiger partial charge in [-0.3, -0.25) is 4.79 Å². The molecule has 0 aromatic heterocycles. The van der Waals surface area contributed by atoms with Gasteiger partial charge in [0.15, 0.2) is 0 Å². The molecule has 0 bridgehead atoms. The molecule has 3 aliphatic heterocycles. The van der Waals surface area contributed by atoms with E-state index in [1.165, 1.54) is 35.7 Å². The Kier molecular flexibility index (Phi) is 6.77. The minimum Gasteiger partial charge on any atom is -0.477 e. The monoisotopic (exact) mass is 515 g/mol. The number of aliphatic hydroxyl groups is 1. The fraction of sp³-hybridized carbons (Fsp3) is 0.500. The molecule has 0 aliphatic carbocycles. The van der Waals surface area contributed by atoms with E-state index in [-0.39, 0.29) is 16.9 Å². The molecule has 0 saturated carbocycles. The second-order valence-corrected chi connectivity index (χ2v) is 10.1. The Morgan fingerprint density at radius 1 is 1.37 bits per heavy atom. The molecule has 4 rings (SSSR count). The van der Waals surface area contributed by atoms with Gasteiger partial charge in [0.05, 0.1) is 29.8 Å². The first-order chi connectivity index (χ1) is 16.4. The lowest BCUT2D eigenvalue weighted by molar-refractivity contribution is -0.274. The Hall–Kier alpha value is -2.77. The summed E-state index contributed by atoms with van der Waals surface area (Å²) < 4.78 is 41.5. The SMILES string of the molecule is C[C@@H](O)[C@H]1C(=O)N2C(C(=O)O)=C(S[C@H]3C[C@@H](C=O)N(Nc4cccc(OC(F)(F)F)c4)C3)[C@H](C)[C@H]12. The van der Waals surface area contributed by atoms with E-state index in [0.717, 1.165) is 12.1 Å². The number of aldehydes is 1. The van der Waals surface area contributed by atoms with Gasteiger partial charge in [0.1, 0.15) is 17.7 Å². The van der Waals surface area contributed by atoms with Crippen LogP contribution in [0.2, 0.25) is 0 Å². The van der Waals surface area contributed by atoms with Crippen LogP contribution >= 0.6 is 11.8 Å². The van der Waals surface area contributed by atoms with Crippen LogP contribution in [0.25, 0.3) is 0 Å². The summed E-state index contributed by atoms with van der Waals surface area (Å²) in [7, 11) is 0. The molecule has 190 valence electrons. The molecule has 9 nitrogen and oxygen atoms in total. The van der Waals surface area contributed by atoms with Gasteiger partial charge in [-0.1, -0.05) is 13.0 Å². The molecule has 13 heteroatoms. The summed E-state index contributed by atoms with van der Waals surface area (Å²) in [5.41, 5.74) is 3.13. The lowest BCUT2D eigenvalue weighted by Gasteiger charge is -2.46. The average Bonchev–Trinajstić information content (AvgIpc) is 3.23. The zero-order valence-electron chi connectivity index (χ0n) is 18.7. The van der Waals surface area contributed by atoms with Crippen molar-refractivity contribution < 1.29 is 42.5 Å². The molecule has 6 atom stereocenters. The second kappa shape index (κ2) is 9.36. The highest BCUT2D eigenvalue weighted by Gasteiger charge is 2.60. The molecule has 2 fully saturated rings. The number of thioether (sulfide) groups is 1. The number of nitrogens with one attached hydrogen (secondary N) is 1. The molecule has 2 saturated heterocycles. The van der Waals surface area contributed by atoms with Gasteiger partial charge >= 0.3 is 12.3 Å². The van der Waals surface area contributed by atoms with E-state index in [2.05, 4.69) is 10.2 Å². The number of ether oxygens (including phenoxy) is 1. The van der Waals surface area contributed by atoms with Crippen LogP contribution in [0.3, 0.4) is 0 Å². The van der Waals surface area contributed by atoms with Crippen LogP contribution in [0.1, 0.15) is 20.3 Å². The van der Waals surface area contributed by atoms with Crippen LogP contribution in [-0.2, 0) is 14.4 Å². The maximum atomic E-state index is 12.5. The number of rotatable bonds is 8. The standard InChI is InChI=1S/C22H24F3N3O6S/c1-10-17-16(11(2)30)20(31)28(17)18(21(32)33)19(10)35-15-7-13(9-29)27(8-15)26-12-4-3-5-14(6-12)34-22(23,24)25/h3-6,9-11,13,15-17,26,30H,7-8H2,1-2H3,(H,32,33)/t10-,11-,13+,15+,16-,17-/m1/s1. The molecule has 0 unspecified atom stereocenters. The number of hydrogen-bond donors (Lipinski definition) is 3. The van der Waals surface area contributed by atoms with E-state index in [4.69, 9.17) is 0 Å². The lowest BCUT2D eigenvalue weighted by atomic mass is 9.79. The first-order valence-electron chi connectivity index (χ1n) is 10.9. The third-order valence-electron chi connectivity index (χ3n) is 6.41. The van der Waals surface area contributed by atoms with Crippen molar-refractivity contribution in [3.63, 3.8) is 0 Å². The van der Waals surface area contributed by atoms with E-state index in [9.17, 15) is 37.8 Å². The van der Waals surface area contributed by atoms with Crippen molar-refractivity contribution in [2.24, 2.45) is 11.8 Å². The molecule has 35 heavy (non-hydrogen) atoms. The van der Waals surface area contributed by atoms with E-state index < -0.39 is 48.1 Å². The summed E-state index contributed by atoms with van der Waals surface area (Å²) in [5, 5.41) is 21.1. The van der Waals surface area contributed by atoms with Crippen molar-refractivity contribution >= 4 is 35.6 Å². The highest BCUT2D eigenvalue weighted by molar-refractivity contribution is 8.03. The lowest BCUT2D eigenvalue weighted by Crippen LogP contribution is -2.63. The maximum Gasteiger partial charge on any atom is 0.573 e. The number of amides is 1. The van der Waals surface area contributed by atoms with Crippen molar-refractivity contribution in [1.29, 1.82) is 0 Å². The van der Waals surface area contributed by atoms with E-state index in [1.54, 1.807) is 5.01 Å². The predicted octanol–water partition coefficient (Wildman–Crippen LogP) is 2.44. The number of β-lactam (4-membered cyclic amide) rings is 1. The number of hydrazine groups is 1. The first kappa shape index (κ1) is 25.3. The molecular formula is C22H24F3N3O6S.